The Balaban J connectivity index is 1.75. The van der Waals surface area contributed by atoms with Crippen molar-refractivity contribution in [2.45, 2.75) is 38.6 Å². The summed E-state index contributed by atoms with van der Waals surface area (Å²) >= 11 is 1.50. The second-order valence-corrected chi connectivity index (χ2v) is 7.55. The standard InChI is InChI=1S/C18H25N3O3S/c1-13(22)21-9-3-8-20(18(24)14-6-11-25-12-14)10-7-19-17(23)15-4-2-5-16(15)21/h6,11-12,15-16H,2-5,7-10H2,1H3,(H,19,23). The molecule has 1 aliphatic carbocycles. The fraction of sp³-hybridized carbons (Fsp3) is 0.611. The van der Waals surface area contributed by atoms with Gasteiger partial charge in [-0.3, -0.25) is 14.4 Å². The van der Waals surface area contributed by atoms with E-state index in [1.165, 1.54) is 11.3 Å². The van der Waals surface area contributed by atoms with Crippen LogP contribution in [0.25, 0.3) is 0 Å². The smallest absolute Gasteiger partial charge is 0.254 e. The first-order chi connectivity index (χ1) is 12.1. The summed E-state index contributed by atoms with van der Waals surface area (Å²) in [7, 11) is 0. The van der Waals surface area contributed by atoms with Crippen LogP contribution in [0.2, 0.25) is 0 Å². The molecule has 25 heavy (non-hydrogen) atoms. The third-order valence-electron chi connectivity index (χ3n) is 5.18. The van der Waals surface area contributed by atoms with E-state index in [0.717, 1.165) is 25.7 Å². The van der Waals surface area contributed by atoms with Gasteiger partial charge in [-0.2, -0.15) is 11.3 Å². The van der Waals surface area contributed by atoms with Gasteiger partial charge in [-0.05, 0) is 30.7 Å². The van der Waals surface area contributed by atoms with Gasteiger partial charge in [0, 0.05) is 44.5 Å². The Hall–Kier alpha value is -1.89. The third-order valence-corrected chi connectivity index (χ3v) is 5.87. The van der Waals surface area contributed by atoms with Gasteiger partial charge in [0.1, 0.15) is 0 Å². The molecule has 7 heteroatoms. The summed E-state index contributed by atoms with van der Waals surface area (Å²) in [6.45, 7) is 3.71. The van der Waals surface area contributed by atoms with Crippen molar-refractivity contribution < 1.29 is 14.4 Å². The Kier molecular flexibility index (Phi) is 5.73. The minimum absolute atomic E-state index is 0.00312. The molecule has 1 saturated heterocycles. The van der Waals surface area contributed by atoms with Crippen LogP contribution >= 0.6 is 11.3 Å². The molecule has 1 saturated carbocycles. The molecule has 1 aromatic heterocycles. The molecule has 1 aliphatic heterocycles. The van der Waals surface area contributed by atoms with E-state index in [-0.39, 0.29) is 29.7 Å². The Labute approximate surface area is 152 Å². The first-order valence-corrected chi connectivity index (χ1v) is 9.88. The van der Waals surface area contributed by atoms with Crippen LogP contribution in [0.1, 0.15) is 43.0 Å². The minimum Gasteiger partial charge on any atom is -0.354 e. The van der Waals surface area contributed by atoms with E-state index in [9.17, 15) is 14.4 Å². The van der Waals surface area contributed by atoms with Crippen molar-refractivity contribution in [2.24, 2.45) is 5.92 Å². The highest BCUT2D eigenvalue weighted by Crippen LogP contribution is 2.30. The first kappa shape index (κ1) is 17.9. The maximum atomic E-state index is 12.6. The van der Waals surface area contributed by atoms with Gasteiger partial charge in [0.15, 0.2) is 0 Å². The van der Waals surface area contributed by atoms with Crippen LogP contribution in [-0.2, 0) is 9.59 Å². The average molecular weight is 363 g/mol. The fourth-order valence-electron chi connectivity index (χ4n) is 3.94. The molecule has 1 aromatic rings. The summed E-state index contributed by atoms with van der Waals surface area (Å²) in [5.74, 6) is -0.106. The third kappa shape index (κ3) is 4.03. The van der Waals surface area contributed by atoms with Crippen molar-refractivity contribution in [2.75, 3.05) is 26.2 Å². The summed E-state index contributed by atoms with van der Waals surface area (Å²) in [4.78, 5) is 40.9. The molecule has 2 aliphatic rings. The van der Waals surface area contributed by atoms with Gasteiger partial charge in [-0.1, -0.05) is 6.42 Å². The highest BCUT2D eigenvalue weighted by molar-refractivity contribution is 7.08. The zero-order valence-corrected chi connectivity index (χ0v) is 15.4. The first-order valence-electron chi connectivity index (χ1n) is 8.94. The zero-order valence-electron chi connectivity index (χ0n) is 14.6. The van der Waals surface area contributed by atoms with E-state index in [1.54, 1.807) is 11.8 Å². The predicted octanol–water partition coefficient (Wildman–Crippen LogP) is 1.73. The lowest BCUT2D eigenvalue weighted by Gasteiger charge is -2.31. The van der Waals surface area contributed by atoms with Crippen molar-refractivity contribution in [3.05, 3.63) is 22.4 Å². The number of amides is 3. The quantitative estimate of drug-likeness (QED) is 0.826. The average Bonchev–Trinajstić information content (AvgIpc) is 3.26. The highest BCUT2D eigenvalue weighted by atomic mass is 32.1. The van der Waals surface area contributed by atoms with Gasteiger partial charge < -0.3 is 15.1 Å². The van der Waals surface area contributed by atoms with Gasteiger partial charge in [0.25, 0.3) is 5.91 Å². The molecule has 2 unspecified atom stereocenters. The second-order valence-electron chi connectivity index (χ2n) is 6.77. The number of carbonyl (C=O) groups excluding carboxylic acids is 3. The molecule has 3 rings (SSSR count). The van der Waals surface area contributed by atoms with Crippen LogP contribution < -0.4 is 5.32 Å². The molecule has 2 atom stereocenters. The molecule has 0 radical (unpaired) electrons. The van der Waals surface area contributed by atoms with Crippen molar-refractivity contribution >= 4 is 29.1 Å². The number of fused-ring (bicyclic) bond motifs is 1. The molecular formula is C18H25N3O3S. The van der Waals surface area contributed by atoms with Crippen LogP contribution in [0.15, 0.2) is 16.8 Å². The monoisotopic (exact) mass is 363 g/mol. The summed E-state index contributed by atoms with van der Waals surface area (Å²) in [6, 6.07) is 1.82. The van der Waals surface area contributed by atoms with Crippen LogP contribution in [0, 0.1) is 5.92 Å². The van der Waals surface area contributed by atoms with Crippen molar-refractivity contribution in [3.63, 3.8) is 0 Å². The topological polar surface area (TPSA) is 69.7 Å². The molecule has 0 aromatic carbocycles. The number of hydrogen-bond acceptors (Lipinski definition) is 4. The number of thiophene rings is 1. The summed E-state index contributed by atoms with van der Waals surface area (Å²) < 4.78 is 0. The normalized spacial score (nSPS) is 25.1. The van der Waals surface area contributed by atoms with Crippen LogP contribution in [0.4, 0.5) is 0 Å². The van der Waals surface area contributed by atoms with Crippen LogP contribution in [0.5, 0.6) is 0 Å². The molecule has 2 fully saturated rings. The van der Waals surface area contributed by atoms with Gasteiger partial charge >= 0.3 is 0 Å². The Morgan fingerprint density at radius 1 is 1.20 bits per heavy atom. The second kappa shape index (κ2) is 7.99. The fourth-order valence-corrected chi connectivity index (χ4v) is 4.57. The predicted molar refractivity (Wildman–Crippen MR) is 96.4 cm³/mol. The van der Waals surface area contributed by atoms with Gasteiger partial charge in [-0.25, -0.2) is 0 Å². The van der Waals surface area contributed by atoms with E-state index < -0.39 is 0 Å². The number of carbonyl (C=O) groups is 3. The molecule has 0 bridgehead atoms. The summed E-state index contributed by atoms with van der Waals surface area (Å²) in [5.41, 5.74) is 0.687. The van der Waals surface area contributed by atoms with E-state index >= 15 is 0 Å². The van der Waals surface area contributed by atoms with Crippen molar-refractivity contribution in [1.29, 1.82) is 0 Å². The van der Waals surface area contributed by atoms with Gasteiger partial charge in [-0.15, -0.1) is 0 Å². The lowest BCUT2D eigenvalue weighted by molar-refractivity contribution is -0.134. The summed E-state index contributed by atoms with van der Waals surface area (Å²) in [6.07, 6.45) is 3.43. The van der Waals surface area contributed by atoms with Crippen LogP contribution in [-0.4, -0.2) is 59.7 Å². The molecule has 0 spiro atoms. The molecule has 136 valence electrons. The molecule has 1 N–H and O–H groups in total. The molecule has 6 nitrogen and oxygen atoms in total. The molecular weight excluding hydrogens is 338 g/mol. The van der Waals surface area contributed by atoms with Crippen molar-refractivity contribution in [1.82, 2.24) is 15.1 Å². The van der Waals surface area contributed by atoms with E-state index in [4.69, 9.17) is 0 Å². The molecule has 2 heterocycles. The Morgan fingerprint density at radius 2 is 2.04 bits per heavy atom. The number of hydrogen-bond donors (Lipinski definition) is 1. The lowest BCUT2D eigenvalue weighted by Crippen LogP contribution is -2.46. The van der Waals surface area contributed by atoms with Crippen molar-refractivity contribution in [3.8, 4) is 0 Å². The highest BCUT2D eigenvalue weighted by Gasteiger charge is 2.38. The lowest BCUT2D eigenvalue weighted by atomic mass is 10.0. The Bertz CT molecular complexity index is 632. The maximum Gasteiger partial charge on any atom is 0.254 e. The minimum atomic E-state index is -0.122. The molecule has 3 amide bonds. The SMILES string of the molecule is CC(=O)N1CCCN(C(=O)c2ccsc2)CCNC(=O)C2CCCC21. The van der Waals surface area contributed by atoms with E-state index in [1.807, 2.05) is 21.7 Å². The number of nitrogens with zero attached hydrogens (tertiary/aromatic N) is 2. The zero-order chi connectivity index (χ0) is 17.8. The summed E-state index contributed by atoms with van der Waals surface area (Å²) in [5, 5.41) is 6.71. The van der Waals surface area contributed by atoms with E-state index in [0.29, 0.717) is 31.7 Å². The Morgan fingerprint density at radius 3 is 2.76 bits per heavy atom. The van der Waals surface area contributed by atoms with Gasteiger partial charge in [0.05, 0.1) is 11.5 Å². The van der Waals surface area contributed by atoms with Crippen LogP contribution in [0.3, 0.4) is 0 Å². The number of rotatable bonds is 1. The maximum absolute atomic E-state index is 12.6. The van der Waals surface area contributed by atoms with E-state index in [2.05, 4.69) is 5.32 Å². The number of nitrogens with one attached hydrogen (secondary N) is 1. The largest absolute Gasteiger partial charge is 0.354 e. The van der Waals surface area contributed by atoms with Gasteiger partial charge in [0.2, 0.25) is 11.8 Å².